The minimum atomic E-state index is -3.47. The van der Waals surface area contributed by atoms with E-state index in [9.17, 15) is 13.2 Å². The first-order valence-corrected chi connectivity index (χ1v) is 10.9. The van der Waals surface area contributed by atoms with Gasteiger partial charge in [-0.15, -0.1) is 0 Å². The van der Waals surface area contributed by atoms with Crippen molar-refractivity contribution >= 4 is 15.9 Å². The van der Waals surface area contributed by atoms with E-state index in [1.807, 2.05) is 31.2 Å². The molecule has 1 N–H and O–H groups in total. The summed E-state index contributed by atoms with van der Waals surface area (Å²) in [5, 5.41) is 3.01. The molecule has 0 spiro atoms. The molecule has 1 saturated heterocycles. The summed E-state index contributed by atoms with van der Waals surface area (Å²) < 4.78 is 31.9. The van der Waals surface area contributed by atoms with Crippen LogP contribution >= 0.6 is 0 Å². The standard InChI is InChI=1S/C21H26N2O4S/c1-3-20(16-6-10-18(27-2)11-7-16)22-21(24)17-8-12-19(13-9-17)28(25,26)23-14-4-5-15-23/h6-13,20H,3-5,14-15H2,1-2H3,(H,22,24)/t20-/m1/s1. The molecule has 150 valence electrons. The van der Waals surface area contributed by atoms with Crippen LogP contribution in [0.3, 0.4) is 0 Å². The van der Waals surface area contributed by atoms with Crippen molar-refractivity contribution < 1.29 is 17.9 Å². The van der Waals surface area contributed by atoms with E-state index in [0.29, 0.717) is 18.7 Å². The van der Waals surface area contributed by atoms with Gasteiger partial charge in [0.05, 0.1) is 18.0 Å². The average molecular weight is 403 g/mol. The third-order valence-corrected chi connectivity index (χ3v) is 6.96. The number of methoxy groups -OCH3 is 1. The van der Waals surface area contributed by atoms with Crippen LogP contribution in [0.15, 0.2) is 53.4 Å². The highest BCUT2D eigenvalue weighted by molar-refractivity contribution is 7.89. The molecule has 1 aliphatic heterocycles. The molecule has 1 fully saturated rings. The monoisotopic (exact) mass is 402 g/mol. The van der Waals surface area contributed by atoms with Crippen LogP contribution in [0.4, 0.5) is 0 Å². The van der Waals surface area contributed by atoms with E-state index >= 15 is 0 Å². The lowest BCUT2D eigenvalue weighted by molar-refractivity contribution is 0.0935. The van der Waals surface area contributed by atoms with Gasteiger partial charge in [-0.05, 0) is 61.2 Å². The highest BCUT2D eigenvalue weighted by Crippen LogP contribution is 2.23. The van der Waals surface area contributed by atoms with Crippen LogP contribution in [0.1, 0.15) is 48.1 Å². The molecular formula is C21H26N2O4S. The van der Waals surface area contributed by atoms with Crippen molar-refractivity contribution in [2.24, 2.45) is 0 Å². The number of ether oxygens (including phenoxy) is 1. The Morgan fingerprint density at radius 3 is 2.21 bits per heavy atom. The molecule has 1 aliphatic rings. The van der Waals surface area contributed by atoms with Gasteiger partial charge in [-0.25, -0.2) is 8.42 Å². The first-order chi connectivity index (χ1) is 13.5. The van der Waals surface area contributed by atoms with Crippen LogP contribution in [0.5, 0.6) is 5.75 Å². The lowest BCUT2D eigenvalue weighted by Gasteiger charge is -2.18. The molecule has 7 heteroatoms. The fourth-order valence-corrected chi connectivity index (χ4v) is 4.87. The Labute approximate surface area is 166 Å². The van der Waals surface area contributed by atoms with Gasteiger partial charge in [0.1, 0.15) is 5.75 Å². The van der Waals surface area contributed by atoms with Gasteiger partial charge in [-0.3, -0.25) is 4.79 Å². The SMILES string of the molecule is CC[C@@H](NC(=O)c1ccc(S(=O)(=O)N2CCCC2)cc1)c1ccc(OC)cc1. The van der Waals surface area contributed by atoms with Crippen molar-refractivity contribution in [3.63, 3.8) is 0 Å². The van der Waals surface area contributed by atoms with E-state index in [-0.39, 0.29) is 16.8 Å². The number of amides is 1. The summed E-state index contributed by atoms with van der Waals surface area (Å²) in [6.45, 7) is 3.12. The molecular weight excluding hydrogens is 376 g/mol. The Kier molecular flexibility index (Phi) is 6.36. The van der Waals surface area contributed by atoms with E-state index in [4.69, 9.17) is 4.74 Å². The van der Waals surface area contributed by atoms with Crippen LogP contribution in [-0.4, -0.2) is 38.8 Å². The quantitative estimate of drug-likeness (QED) is 0.771. The summed E-state index contributed by atoms with van der Waals surface area (Å²) in [6.07, 6.45) is 2.52. The number of nitrogens with one attached hydrogen (secondary N) is 1. The normalized spacial score (nSPS) is 15.9. The Hall–Kier alpha value is -2.38. The van der Waals surface area contributed by atoms with E-state index in [1.165, 1.54) is 16.4 Å². The van der Waals surface area contributed by atoms with Crippen LogP contribution in [0, 0.1) is 0 Å². The van der Waals surface area contributed by atoms with Gasteiger partial charge in [-0.2, -0.15) is 4.31 Å². The predicted molar refractivity (Wildman–Crippen MR) is 108 cm³/mol. The summed E-state index contributed by atoms with van der Waals surface area (Å²) in [4.78, 5) is 12.9. The Bertz CT molecular complexity index is 902. The molecule has 0 aliphatic carbocycles. The smallest absolute Gasteiger partial charge is 0.251 e. The molecule has 2 aromatic carbocycles. The number of sulfonamides is 1. The zero-order chi connectivity index (χ0) is 20.1. The van der Waals surface area contributed by atoms with Crippen molar-refractivity contribution in [2.75, 3.05) is 20.2 Å². The number of nitrogens with zero attached hydrogens (tertiary/aromatic N) is 1. The zero-order valence-electron chi connectivity index (χ0n) is 16.2. The number of hydrogen-bond donors (Lipinski definition) is 1. The fraction of sp³-hybridized carbons (Fsp3) is 0.381. The topological polar surface area (TPSA) is 75.7 Å². The molecule has 0 aromatic heterocycles. The van der Waals surface area contributed by atoms with Crippen LogP contribution in [-0.2, 0) is 10.0 Å². The van der Waals surface area contributed by atoms with E-state index < -0.39 is 10.0 Å². The maximum atomic E-state index is 12.6. The Morgan fingerprint density at radius 1 is 1.07 bits per heavy atom. The molecule has 6 nitrogen and oxygen atoms in total. The molecule has 0 saturated carbocycles. The molecule has 1 amide bonds. The minimum Gasteiger partial charge on any atom is -0.497 e. The van der Waals surface area contributed by atoms with Crippen LogP contribution in [0.2, 0.25) is 0 Å². The molecule has 28 heavy (non-hydrogen) atoms. The van der Waals surface area contributed by atoms with Crippen molar-refractivity contribution in [2.45, 2.75) is 37.1 Å². The van der Waals surface area contributed by atoms with Crippen molar-refractivity contribution in [1.82, 2.24) is 9.62 Å². The zero-order valence-corrected chi connectivity index (χ0v) is 17.0. The van der Waals surface area contributed by atoms with Gasteiger partial charge >= 0.3 is 0 Å². The van der Waals surface area contributed by atoms with Gasteiger partial charge in [0.2, 0.25) is 10.0 Å². The van der Waals surface area contributed by atoms with E-state index in [2.05, 4.69) is 5.32 Å². The number of carbonyl (C=O) groups is 1. The summed E-state index contributed by atoms with van der Waals surface area (Å²) in [5.74, 6) is 0.535. The minimum absolute atomic E-state index is 0.133. The second-order valence-electron chi connectivity index (χ2n) is 6.84. The van der Waals surface area contributed by atoms with Crippen LogP contribution < -0.4 is 10.1 Å². The Balaban J connectivity index is 1.71. The summed E-state index contributed by atoms with van der Waals surface area (Å²) in [7, 11) is -1.86. The van der Waals surface area contributed by atoms with Crippen LogP contribution in [0.25, 0.3) is 0 Å². The third kappa shape index (κ3) is 4.36. The first-order valence-electron chi connectivity index (χ1n) is 9.50. The predicted octanol–water partition coefficient (Wildman–Crippen LogP) is 3.36. The molecule has 0 bridgehead atoms. The molecule has 2 aromatic rings. The lowest BCUT2D eigenvalue weighted by Crippen LogP contribution is -2.29. The second kappa shape index (κ2) is 8.75. The van der Waals surface area contributed by atoms with Gasteiger partial charge in [0, 0.05) is 18.7 Å². The molecule has 1 atom stereocenters. The number of hydrogen-bond acceptors (Lipinski definition) is 4. The molecule has 0 unspecified atom stereocenters. The van der Waals surface area contributed by atoms with Gasteiger partial charge in [0.25, 0.3) is 5.91 Å². The van der Waals surface area contributed by atoms with Gasteiger partial charge in [-0.1, -0.05) is 19.1 Å². The van der Waals surface area contributed by atoms with Crippen molar-refractivity contribution in [1.29, 1.82) is 0 Å². The lowest BCUT2D eigenvalue weighted by atomic mass is 10.0. The number of carbonyl (C=O) groups excluding carboxylic acids is 1. The largest absolute Gasteiger partial charge is 0.497 e. The first kappa shape index (κ1) is 20.4. The maximum absolute atomic E-state index is 12.6. The number of rotatable bonds is 7. The molecule has 3 rings (SSSR count). The highest BCUT2D eigenvalue weighted by Gasteiger charge is 2.27. The fourth-order valence-electron chi connectivity index (χ4n) is 3.35. The maximum Gasteiger partial charge on any atom is 0.251 e. The second-order valence-corrected chi connectivity index (χ2v) is 8.78. The van der Waals surface area contributed by atoms with E-state index in [0.717, 1.165) is 30.6 Å². The number of benzene rings is 2. The third-order valence-electron chi connectivity index (χ3n) is 5.05. The van der Waals surface area contributed by atoms with Gasteiger partial charge < -0.3 is 10.1 Å². The molecule has 1 heterocycles. The Morgan fingerprint density at radius 2 is 1.68 bits per heavy atom. The summed E-state index contributed by atoms with van der Waals surface area (Å²) in [5.41, 5.74) is 1.43. The average Bonchev–Trinajstić information content (AvgIpc) is 3.28. The van der Waals surface area contributed by atoms with Gasteiger partial charge in [0.15, 0.2) is 0 Å². The van der Waals surface area contributed by atoms with E-state index in [1.54, 1.807) is 19.2 Å². The summed E-state index contributed by atoms with van der Waals surface area (Å²) in [6, 6.07) is 13.6. The highest BCUT2D eigenvalue weighted by atomic mass is 32.2. The van der Waals surface area contributed by atoms with Crippen molar-refractivity contribution in [3.8, 4) is 5.75 Å². The summed E-state index contributed by atoms with van der Waals surface area (Å²) >= 11 is 0. The van der Waals surface area contributed by atoms with Crippen molar-refractivity contribution in [3.05, 3.63) is 59.7 Å². The molecule has 0 radical (unpaired) electrons.